The molecule has 3 atom stereocenters. The van der Waals surface area contributed by atoms with Crippen LogP contribution in [-0.4, -0.2) is 51.9 Å². The molecule has 1 aromatic heterocycles. The number of carbonyl (C=O) groups is 1. The van der Waals surface area contributed by atoms with E-state index in [4.69, 9.17) is 4.98 Å². The van der Waals surface area contributed by atoms with Gasteiger partial charge >= 0.3 is 0 Å². The van der Waals surface area contributed by atoms with Crippen LogP contribution in [0.5, 0.6) is 0 Å². The predicted molar refractivity (Wildman–Crippen MR) is 147 cm³/mol. The van der Waals surface area contributed by atoms with Crippen molar-refractivity contribution in [1.29, 1.82) is 0 Å². The third-order valence-corrected chi connectivity index (χ3v) is 7.19. The van der Waals surface area contributed by atoms with Crippen LogP contribution in [0.4, 0.5) is 17.6 Å². The summed E-state index contributed by atoms with van der Waals surface area (Å²) < 4.78 is 59.5. The van der Waals surface area contributed by atoms with Crippen molar-refractivity contribution in [2.24, 2.45) is 11.3 Å². The fourth-order valence-electron chi connectivity index (χ4n) is 5.15. The highest BCUT2D eigenvalue weighted by atomic mass is 32.1. The average Bonchev–Trinajstić information content (AvgIpc) is 3.45. The van der Waals surface area contributed by atoms with Gasteiger partial charge in [0.05, 0.1) is 11.7 Å². The van der Waals surface area contributed by atoms with Crippen molar-refractivity contribution in [2.45, 2.75) is 46.0 Å². The molecule has 4 rings (SSSR count). The van der Waals surface area contributed by atoms with Crippen molar-refractivity contribution in [3.8, 4) is 11.3 Å². The second kappa shape index (κ2) is 12.1. The number of amides is 1. The van der Waals surface area contributed by atoms with Crippen LogP contribution in [0.1, 0.15) is 44.6 Å². The molecular weight excluding hydrogens is 528 g/mol. The van der Waals surface area contributed by atoms with Gasteiger partial charge in [-0.3, -0.25) is 4.79 Å². The highest BCUT2D eigenvalue weighted by molar-refractivity contribution is 7.80. The summed E-state index contributed by atoms with van der Waals surface area (Å²) in [6, 6.07) is 8.55. The number of thiol groups is 1. The molecule has 2 heterocycles. The normalized spacial score (nSPS) is 18.4. The molecule has 10 heteroatoms. The highest BCUT2D eigenvalue weighted by Gasteiger charge is 2.41. The van der Waals surface area contributed by atoms with E-state index in [-0.39, 0.29) is 43.2 Å². The van der Waals surface area contributed by atoms with Gasteiger partial charge in [-0.05, 0) is 47.1 Å². The molecule has 0 spiro atoms. The Morgan fingerprint density at radius 2 is 1.90 bits per heavy atom. The van der Waals surface area contributed by atoms with Crippen LogP contribution in [0.3, 0.4) is 0 Å². The Morgan fingerprint density at radius 3 is 2.54 bits per heavy atom. The monoisotopic (exact) mass is 562 g/mol. The zero-order chi connectivity index (χ0) is 28.3. The largest absolute Gasteiger partial charge is 0.332 e. The summed E-state index contributed by atoms with van der Waals surface area (Å²) in [6.45, 7) is 6.82. The molecule has 1 amide bonds. The summed E-state index contributed by atoms with van der Waals surface area (Å²) in [4.78, 5) is 19.9. The zero-order valence-corrected chi connectivity index (χ0v) is 23.2. The van der Waals surface area contributed by atoms with E-state index in [2.05, 4.69) is 17.9 Å². The Kier molecular flexibility index (Phi) is 9.06. The SMILES string of the molecule is CC(C)(C)[C@H](c1nc(-c2cc(F)ccc2F)cn1Cc1cccc(F)c1)N(C[C@@H]1CNC[C@@H]1F)C(=O)CCS. The van der Waals surface area contributed by atoms with Crippen LogP contribution in [0.15, 0.2) is 48.7 Å². The first-order valence-electron chi connectivity index (χ1n) is 13.0. The number of alkyl halides is 1. The second-order valence-corrected chi connectivity index (χ2v) is 11.5. The Labute approximate surface area is 232 Å². The molecule has 0 bridgehead atoms. The molecule has 1 N–H and O–H groups in total. The van der Waals surface area contributed by atoms with Gasteiger partial charge in [0.25, 0.3) is 0 Å². The first-order valence-corrected chi connectivity index (χ1v) is 13.6. The maximum atomic E-state index is 14.8. The summed E-state index contributed by atoms with van der Waals surface area (Å²) in [5.41, 5.74) is 0.191. The van der Waals surface area contributed by atoms with Crippen LogP contribution in [0.2, 0.25) is 0 Å². The minimum absolute atomic E-state index is 0.0287. The molecule has 3 aromatic rings. The molecule has 1 aliphatic heterocycles. The van der Waals surface area contributed by atoms with Gasteiger partial charge in [0, 0.05) is 50.3 Å². The van der Waals surface area contributed by atoms with Gasteiger partial charge in [0.2, 0.25) is 5.91 Å². The fraction of sp³-hybridized carbons (Fsp3) is 0.448. The summed E-state index contributed by atoms with van der Waals surface area (Å²) in [5, 5.41) is 3.04. The van der Waals surface area contributed by atoms with Crippen LogP contribution in [0, 0.1) is 28.8 Å². The maximum absolute atomic E-state index is 14.8. The maximum Gasteiger partial charge on any atom is 0.224 e. The standard InChI is InChI=1S/C29H34F4N4OS/c1-29(2,3)27(37(26(38)9-10-39)16-19-13-34-14-24(19)33)28-35-25(22-12-21(31)7-8-23(22)32)17-36(28)15-18-5-4-6-20(30)11-18/h4-8,11-12,17,19,24,27,34,39H,9-10,13-16H2,1-3H3/t19-,24-,27-/m0/s1. The van der Waals surface area contributed by atoms with E-state index in [0.717, 1.165) is 18.2 Å². The van der Waals surface area contributed by atoms with Crippen molar-refractivity contribution in [1.82, 2.24) is 19.8 Å². The summed E-state index contributed by atoms with van der Waals surface area (Å²) >= 11 is 4.25. The summed E-state index contributed by atoms with van der Waals surface area (Å²) in [5.74, 6) is -1.57. The Hall–Kier alpha value is -2.85. The molecule has 5 nitrogen and oxygen atoms in total. The second-order valence-electron chi connectivity index (χ2n) is 11.1. The van der Waals surface area contributed by atoms with Gasteiger partial charge < -0.3 is 14.8 Å². The van der Waals surface area contributed by atoms with E-state index < -0.39 is 41.0 Å². The van der Waals surface area contributed by atoms with Crippen molar-refractivity contribution in [2.75, 3.05) is 25.4 Å². The third-order valence-electron chi connectivity index (χ3n) is 6.96. The fourth-order valence-corrected chi connectivity index (χ4v) is 5.34. The lowest BCUT2D eigenvalue weighted by molar-refractivity contribution is -0.137. The average molecular weight is 563 g/mol. The minimum Gasteiger partial charge on any atom is -0.332 e. The third kappa shape index (κ3) is 6.84. The molecular formula is C29H34F4N4OS. The van der Waals surface area contributed by atoms with E-state index in [0.29, 0.717) is 23.7 Å². The summed E-state index contributed by atoms with van der Waals surface area (Å²) in [6.07, 6.45) is 0.622. The van der Waals surface area contributed by atoms with Gasteiger partial charge in [-0.25, -0.2) is 22.5 Å². The number of nitrogens with one attached hydrogen (secondary N) is 1. The topological polar surface area (TPSA) is 50.2 Å². The number of carbonyl (C=O) groups excluding carboxylic acids is 1. The molecule has 0 unspecified atom stereocenters. The van der Waals surface area contributed by atoms with Crippen molar-refractivity contribution >= 4 is 18.5 Å². The van der Waals surface area contributed by atoms with Crippen molar-refractivity contribution < 1.29 is 22.4 Å². The lowest BCUT2D eigenvalue weighted by Gasteiger charge is -2.41. The van der Waals surface area contributed by atoms with E-state index in [1.165, 1.54) is 12.1 Å². The van der Waals surface area contributed by atoms with Crippen LogP contribution in [0.25, 0.3) is 11.3 Å². The molecule has 0 saturated carbocycles. The number of halogens is 4. The van der Waals surface area contributed by atoms with Crippen LogP contribution < -0.4 is 5.32 Å². The van der Waals surface area contributed by atoms with Gasteiger partial charge in [-0.2, -0.15) is 12.6 Å². The Balaban J connectivity index is 1.88. The zero-order valence-electron chi connectivity index (χ0n) is 22.3. The minimum atomic E-state index is -1.11. The van der Waals surface area contributed by atoms with E-state index in [9.17, 15) is 22.4 Å². The van der Waals surface area contributed by atoms with Gasteiger partial charge in [-0.1, -0.05) is 32.9 Å². The number of benzene rings is 2. The number of rotatable bonds is 9. The molecule has 1 aliphatic rings. The van der Waals surface area contributed by atoms with E-state index in [1.807, 2.05) is 20.8 Å². The molecule has 1 fully saturated rings. The molecule has 2 aromatic carbocycles. The molecule has 0 aliphatic carbocycles. The Bertz CT molecular complexity index is 1310. The number of hydrogen-bond donors (Lipinski definition) is 2. The first-order chi connectivity index (χ1) is 18.5. The van der Waals surface area contributed by atoms with Gasteiger partial charge in [-0.15, -0.1) is 0 Å². The Morgan fingerprint density at radius 1 is 1.15 bits per heavy atom. The number of aromatic nitrogens is 2. The predicted octanol–water partition coefficient (Wildman–Crippen LogP) is 5.81. The summed E-state index contributed by atoms with van der Waals surface area (Å²) in [7, 11) is 0. The highest BCUT2D eigenvalue weighted by Crippen LogP contribution is 2.40. The number of nitrogens with zero attached hydrogens (tertiary/aromatic N) is 3. The van der Waals surface area contributed by atoms with E-state index in [1.54, 1.807) is 27.8 Å². The molecule has 1 saturated heterocycles. The van der Waals surface area contributed by atoms with Crippen molar-refractivity contribution in [3.05, 3.63) is 77.5 Å². The molecule has 39 heavy (non-hydrogen) atoms. The van der Waals surface area contributed by atoms with Gasteiger partial charge in [0.15, 0.2) is 0 Å². The number of hydrogen-bond acceptors (Lipinski definition) is 4. The smallest absolute Gasteiger partial charge is 0.224 e. The molecule has 210 valence electrons. The van der Waals surface area contributed by atoms with Crippen molar-refractivity contribution in [3.63, 3.8) is 0 Å². The first kappa shape index (κ1) is 29.1. The number of imidazole rings is 1. The lowest BCUT2D eigenvalue weighted by atomic mass is 9.84. The van der Waals surface area contributed by atoms with E-state index >= 15 is 0 Å². The lowest BCUT2D eigenvalue weighted by Crippen LogP contribution is -2.46. The molecule has 0 radical (unpaired) electrons. The van der Waals surface area contributed by atoms with Crippen LogP contribution >= 0.6 is 12.6 Å². The quantitative estimate of drug-likeness (QED) is 0.256. The van der Waals surface area contributed by atoms with Crippen LogP contribution in [-0.2, 0) is 11.3 Å². The van der Waals surface area contributed by atoms with Gasteiger partial charge in [0.1, 0.15) is 29.4 Å².